The molecule has 10 heteroatoms. The zero-order valence-electron chi connectivity index (χ0n) is 26.1. The molecule has 4 N–H and O–H groups in total. The fourth-order valence-electron chi connectivity index (χ4n) is 6.24. The van der Waals surface area contributed by atoms with E-state index in [1.54, 1.807) is 20.8 Å². The van der Waals surface area contributed by atoms with Crippen molar-refractivity contribution in [1.82, 2.24) is 10.6 Å². The minimum Gasteiger partial charge on any atom is -0.390 e. The van der Waals surface area contributed by atoms with Crippen LogP contribution in [0.5, 0.6) is 0 Å². The number of carbonyl (C=O) groups is 2. The van der Waals surface area contributed by atoms with Crippen LogP contribution in [0, 0.1) is 11.8 Å². The van der Waals surface area contributed by atoms with Gasteiger partial charge in [-0.2, -0.15) is 8.42 Å². The second kappa shape index (κ2) is 15.9. The molecule has 0 heterocycles. The van der Waals surface area contributed by atoms with Gasteiger partial charge in [0, 0.05) is 6.04 Å². The lowest BCUT2D eigenvalue weighted by atomic mass is 9.76. The molecule has 0 aromatic heterocycles. The van der Waals surface area contributed by atoms with Crippen LogP contribution in [0.4, 0.5) is 0 Å². The molecule has 2 aromatic rings. The van der Waals surface area contributed by atoms with E-state index >= 15 is 0 Å². The van der Waals surface area contributed by atoms with Crippen molar-refractivity contribution in [3.8, 4) is 0 Å². The highest BCUT2D eigenvalue weighted by Crippen LogP contribution is 2.30. The van der Waals surface area contributed by atoms with Crippen LogP contribution in [-0.2, 0) is 26.5 Å². The third kappa shape index (κ3) is 8.94. The summed E-state index contributed by atoms with van der Waals surface area (Å²) in [5.41, 5.74) is -1.44. The molecule has 0 aliphatic heterocycles. The van der Waals surface area contributed by atoms with Crippen LogP contribution in [0.1, 0.15) is 85.1 Å². The number of amides is 1. The number of aliphatic hydroxyl groups excluding tert-OH is 2. The summed E-state index contributed by atoms with van der Waals surface area (Å²) in [7, 11) is -3.06. The second-order valence-electron chi connectivity index (χ2n) is 12.6. The van der Waals surface area contributed by atoms with Gasteiger partial charge in [-0.1, -0.05) is 95.8 Å². The quantitative estimate of drug-likeness (QED) is 0.218. The average Bonchev–Trinajstić information content (AvgIpc) is 2.98. The van der Waals surface area contributed by atoms with Gasteiger partial charge in [0.2, 0.25) is 5.54 Å². The summed E-state index contributed by atoms with van der Waals surface area (Å²) in [5, 5.41) is 30.4. The number of aliphatic hydroxyl groups is 2. The molecule has 0 bridgehead atoms. The van der Waals surface area contributed by atoms with Crippen molar-refractivity contribution in [2.45, 2.75) is 122 Å². The van der Waals surface area contributed by atoms with Crippen LogP contribution < -0.4 is 10.6 Å². The SMILES string of the molecule is CCC(C)C(N=S(=O)=O)(C(=O)N[C@@H](Cc1ccc2ccccc2c1)[C@@H](O)[C@@H](O)CC(C)C)C(=O)C(C)NC1CCCCC1. The van der Waals surface area contributed by atoms with Crippen molar-refractivity contribution in [3.63, 3.8) is 0 Å². The summed E-state index contributed by atoms with van der Waals surface area (Å²) in [4.78, 5) is 28.4. The molecule has 1 aliphatic carbocycles. The third-order valence-electron chi connectivity index (χ3n) is 8.86. The van der Waals surface area contributed by atoms with Gasteiger partial charge in [0.25, 0.3) is 5.91 Å². The van der Waals surface area contributed by atoms with Crippen LogP contribution in [0.2, 0.25) is 0 Å². The molecule has 3 unspecified atom stereocenters. The van der Waals surface area contributed by atoms with Gasteiger partial charge in [-0.25, -0.2) is 0 Å². The van der Waals surface area contributed by atoms with E-state index in [4.69, 9.17) is 0 Å². The Bertz CT molecular complexity index is 1370. The minimum atomic E-state index is -3.06. The maximum atomic E-state index is 14.3. The topological polar surface area (TPSA) is 145 Å². The monoisotopic (exact) mass is 615 g/mol. The van der Waals surface area contributed by atoms with Crippen LogP contribution in [0.15, 0.2) is 46.8 Å². The Balaban J connectivity index is 2.01. The number of Topliss-reactive ketones (excluding diaryl/α,β-unsaturated/α-hetero) is 1. The normalized spacial score (nSPS) is 19.2. The highest BCUT2D eigenvalue weighted by atomic mass is 32.2. The van der Waals surface area contributed by atoms with E-state index < -0.39 is 57.9 Å². The average molecular weight is 616 g/mol. The van der Waals surface area contributed by atoms with E-state index in [1.807, 2.05) is 56.3 Å². The molecule has 2 aromatic carbocycles. The van der Waals surface area contributed by atoms with Gasteiger partial charge in [-0.05, 0) is 60.8 Å². The molecule has 0 saturated heterocycles. The molecule has 0 radical (unpaired) electrons. The molecule has 1 aliphatic rings. The highest BCUT2D eigenvalue weighted by molar-refractivity contribution is 7.61. The Hall–Kier alpha value is -2.66. The predicted octanol–water partition coefficient (Wildman–Crippen LogP) is 4.36. The first-order chi connectivity index (χ1) is 20.4. The van der Waals surface area contributed by atoms with E-state index in [0.717, 1.165) is 48.4 Å². The summed E-state index contributed by atoms with van der Waals surface area (Å²) >= 11 is 0. The first-order valence-electron chi connectivity index (χ1n) is 15.7. The number of nitrogens with one attached hydrogen (secondary N) is 2. The molecule has 238 valence electrons. The van der Waals surface area contributed by atoms with Crippen LogP contribution in [0.3, 0.4) is 0 Å². The van der Waals surface area contributed by atoms with Gasteiger partial charge in [0.15, 0.2) is 5.78 Å². The molecule has 0 spiro atoms. The lowest BCUT2D eigenvalue weighted by molar-refractivity contribution is -0.140. The zero-order valence-corrected chi connectivity index (χ0v) is 26.9. The summed E-state index contributed by atoms with van der Waals surface area (Å²) in [6, 6.07) is 11.9. The van der Waals surface area contributed by atoms with Crippen molar-refractivity contribution < 1.29 is 28.2 Å². The Labute approximate surface area is 257 Å². The third-order valence-corrected chi connectivity index (χ3v) is 9.29. The maximum absolute atomic E-state index is 14.3. The first-order valence-corrected chi connectivity index (χ1v) is 16.7. The van der Waals surface area contributed by atoms with Gasteiger partial charge in [-0.15, -0.1) is 4.36 Å². The van der Waals surface area contributed by atoms with Gasteiger partial charge in [0.05, 0.1) is 18.2 Å². The first kappa shape index (κ1) is 34.8. The molecular weight excluding hydrogens is 566 g/mol. The van der Waals surface area contributed by atoms with Gasteiger partial charge in [-0.3, -0.25) is 9.59 Å². The van der Waals surface area contributed by atoms with Crippen molar-refractivity contribution in [1.29, 1.82) is 0 Å². The Morgan fingerprint density at radius 3 is 2.26 bits per heavy atom. The Morgan fingerprint density at radius 2 is 1.65 bits per heavy atom. The number of benzene rings is 2. The van der Waals surface area contributed by atoms with Crippen molar-refractivity contribution >= 4 is 33.0 Å². The highest BCUT2D eigenvalue weighted by Gasteiger charge is 2.53. The molecule has 9 nitrogen and oxygen atoms in total. The number of carbonyl (C=O) groups excluding carboxylic acids is 2. The van der Waals surface area contributed by atoms with Crippen LogP contribution in [0.25, 0.3) is 10.8 Å². The summed E-state index contributed by atoms with van der Waals surface area (Å²) in [5.74, 6) is -2.20. The van der Waals surface area contributed by atoms with Gasteiger partial charge < -0.3 is 20.8 Å². The Kier molecular flexibility index (Phi) is 12.9. The van der Waals surface area contributed by atoms with Gasteiger partial charge in [0.1, 0.15) is 6.10 Å². The van der Waals surface area contributed by atoms with Gasteiger partial charge >= 0.3 is 10.5 Å². The fourth-order valence-corrected chi connectivity index (χ4v) is 6.83. The maximum Gasteiger partial charge on any atom is 0.312 e. The summed E-state index contributed by atoms with van der Waals surface area (Å²) in [6.07, 6.45) is 3.23. The van der Waals surface area contributed by atoms with E-state index in [-0.39, 0.29) is 24.8 Å². The number of nitrogens with zero attached hydrogens (tertiary/aromatic N) is 1. The number of ketones is 1. The second-order valence-corrected chi connectivity index (χ2v) is 13.2. The summed E-state index contributed by atoms with van der Waals surface area (Å²) < 4.78 is 28.0. The van der Waals surface area contributed by atoms with Crippen LogP contribution >= 0.6 is 0 Å². The standard InChI is InChI=1S/C33H49N3O6S/c1-6-22(4)33(36-43(41)42,31(39)23(5)34-27-14-8-7-9-15-27)32(40)35-28(30(38)29(37)18-21(2)3)20-24-16-17-25-12-10-11-13-26(25)19-24/h10-13,16-17,19,21-23,27-30,34,37-38H,6-9,14-15,18,20H2,1-5H3,(H,35,40)/t22?,23?,28-,29-,30+,33?/m0/s1. The molecule has 3 rings (SSSR count). The van der Waals surface area contributed by atoms with Crippen molar-refractivity contribution in [2.75, 3.05) is 0 Å². The fraction of sp³-hybridized carbons (Fsp3) is 0.636. The lowest BCUT2D eigenvalue weighted by Gasteiger charge is -2.37. The lowest BCUT2D eigenvalue weighted by Crippen LogP contribution is -2.64. The van der Waals surface area contributed by atoms with E-state index in [2.05, 4.69) is 15.0 Å². The Morgan fingerprint density at radius 1 is 1.00 bits per heavy atom. The van der Waals surface area contributed by atoms with Crippen molar-refractivity contribution in [2.24, 2.45) is 16.2 Å². The molecule has 6 atom stereocenters. The molecular formula is C33H49N3O6S. The molecule has 1 saturated carbocycles. The number of rotatable bonds is 15. The molecule has 43 heavy (non-hydrogen) atoms. The zero-order chi connectivity index (χ0) is 31.7. The molecule has 1 fully saturated rings. The summed E-state index contributed by atoms with van der Waals surface area (Å²) in [6.45, 7) is 8.91. The van der Waals surface area contributed by atoms with E-state index in [1.165, 1.54) is 0 Å². The largest absolute Gasteiger partial charge is 0.390 e. The van der Waals surface area contributed by atoms with E-state index in [0.29, 0.717) is 6.42 Å². The number of hydrogen-bond donors (Lipinski definition) is 4. The number of hydrogen-bond acceptors (Lipinski definition) is 8. The predicted molar refractivity (Wildman–Crippen MR) is 169 cm³/mol. The van der Waals surface area contributed by atoms with Crippen LogP contribution in [-0.4, -0.2) is 66.2 Å². The number of fused-ring (bicyclic) bond motifs is 1. The minimum absolute atomic E-state index is 0.0760. The van der Waals surface area contributed by atoms with Crippen molar-refractivity contribution in [3.05, 3.63) is 48.0 Å². The van der Waals surface area contributed by atoms with E-state index in [9.17, 15) is 28.2 Å². The molecule has 1 amide bonds. The smallest absolute Gasteiger partial charge is 0.312 e.